The lowest BCUT2D eigenvalue weighted by Crippen LogP contribution is -2.30. The molecule has 1 fully saturated rings. The molecular weight excluding hydrogens is 160 g/mol. The maximum absolute atomic E-state index is 3.77. The second-order valence-corrected chi connectivity index (χ2v) is 3.65. The summed E-state index contributed by atoms with van der Waals surface area (Å²) in [6.45, 7) is 13.0. The Morgan fingerprint density at radius 2 is 2.00 bits per heavy atom. The minimum atomic E-state index is 0.819. The van der Waals surface area contributed by atoms with E-state index < -0.39 is 0 Å². The third kappa shape index (κ3) is 3.75. The molecule has 13 heavy (non-hydrogen) atoms. The van der Waals surface area contributed by atoms with Gasteiger partial charge in [-0.2, -0.15) is 0 Å². The fourth-order valence-corrected chi connectivity index (χ4v) is 1.82. The van der Waals surface area contributed by atoms with E-state index in [4.69, 9.17) is 0 Å². The molecule has 1 atom stereocenters. The Labute approximate surface area is 81.3 Å². The quantitative estimate of drug-likeness (QED) is 0.619. The van der Waals surface area contributed by atoms with Crippen molar-refractivity contribution in [2.75, 3.05) is 32.7 Å². The standard InChI is InChI=1S/C11H20N2/c1-3-7-13(8-4-2)10-11-5-6-12-9-11/h3-4,11-12H,1-2,5-10H2/t11-/m0/s1. The predicted molar refractivity (Wildman–Crippen MR) is 57.8 cm³/mol. The van der Waals surface area contributed by atoms with Crippen molar-refractivity contribution < 1.29 is 0 Å². The fraction of sp³-hybridized carbons (Fsp3) is 0.636. The van der Waals surface area contributed by atoms with Gasteiger partial charge in [0.05, 0.1) is 0 Å². The molecule has 0 bridgehead atoms. The Morgan fingerprint density at radius 3 is 2.46 bits per heavy atom. The maximum atomic E-state index is 3.77. The summed E-state index contributed by atoms with van der Waals surface area (Å²) in [5, 5.41) is 3.38. The lowest BCUT2D eigenvalue weighted by molar-refractivity contribution is 0.285. The Bertz CT molecular complexity index is 149. The van der Waals surface area contributed by atoms with Gasteiger partial charge in [0, 0.05) is 19.6 Å². The van der Waals surface area contributed by atoms with Crippen molar-refractivity contribution in [2.45, 2.75) is 6.42 Å². The van der Waals surface area contributed by atoms with Crippen LogP contribution in [0.25, 0.3) is 0 Å². The molecule has 1 rings (SSSR count). The average molecular weight is 180 g/mol. The second kappa shape index (κ2) is 5.95. The number of nitrogens with one attached hydrogen (secondary N) is 1. The third-order valence-electron chi connectivity index (χ3n) is 2.45. The van der Waals surface area contributed by atoms with Crippen molar-refractivity contribution >= 4 is 0 Å². The van der Waals surface area contributed by atoms with E-state index >= 15 is 0 Å². The summed E-state index contributed by atoms with van der Waals surface area (Å²) in [7, 11) is 0. The molecule has 1 aliphatic rings. The van der Waals surface area contributed by atoms with Crippen LogP contribution in [0.5, 0.6) is 0 Å². The van der Waals surface area contributed by atoms with E-state index in [1.54, 1.807) is 0 Å². The van der Waals surface area contributed by atoms with Crippen LogP contribution in [0.4, 0.5) is 0 Å². The lowest BCUT2D eigenvalue weighted by atomic mass is 10.1. The van der Waals surface area contributed by atoms with Crippen LogP contribution in [-0.2, 0) is 0 Å². The Morgan fingerprint density at radius 1 is 1.31 bits per heavy atom. The van der Waals surface area contributed by atoms with Gasteiger partial charge in [0.25, 0.3) is 0 Å². The van der Waals surface area contributed by atoms with E-state index in [9.17, 15) is 0 Å². The molecule has 0 amide bonds. The molecule has 1 saturated heterocycles. The highest BCUT2D eigenvalue weighted by atomic mass is 15.1. The first-order valence-electron chi connectivity index (χ1n) is 5.01. The third-order valence-corrected chi connectivity index (χ3v) is 2.45. The average Bonchev–Trinajstić information content (AvgIpc) is 2.58. The molecule has 1 aliphatic heterocycles. The van der Waals surface area contributed by atoms with Crippen molar-refractivity contribution in [1.82, 2.24) is 10.2 Å². The van der Waals surface area contributed by atoms with Gasteiger partial charge in [0.2, 0.25) is 0 Å². The zero-order chi connectivity index (χ0) is 9.52. The van der Waals surface area contributed by atoms with Gasteiger partial charge >= 0.3 is 0 Å². The van der Waals surface area contributed by atoms with Crippen LogP contribution >= 0.6 is 0 Å². The summed E-state index contributed by atoms with van der Waals surface area (Å²) in [6, 6.07) is 0. The molecule has 2 nitrogen and oxygen atoms in total. The summed E-state index contributed by atoms with van der Waals surface area (Å²) in [5.41, 5.74) is 0. The molecule has 0 aromatic rings. The normalized spacial score (nSPS) is 22.1. The van der Waals surface area contributed by atoms with E-state index in [0.717, 1.165) is 19.0 Å². The maximum Gasteiger partial charge on any atom is 0.0164 e. The van der Waals surface area contributed by atoms with Gasteiger partial charge in [0.1, 0.15) is 0 Å². The molecule has 0 aromatic carbocycles. The van der Waals surface area contributed by atoms with Crippen LogP contribution in [0.3, 0.4) is 0 Å². The van der Waals surface area contributed by atoms with Gasteiger partial charge in [-0.15, -0.1) is 13.2 Å². The number of nitrogens with zero attached hydrogens (tertiary/aromatic N) is 1. The van der Waals surface area contributed by atoms with E-state index in [0.29, 0.717) is 0 Å². The van der Waals surface area contributed by atoms with Gasteiger partial charge < -0.3 is 5.32 Å². The van der Waals surface area contributed by atoms with Crippen molar-refractivity contribution in [2.24, 2.45) is 5.92 Å². The van der Waals surface area contributed by atoms with Crippen molar-refractivity contribution in [1.29, 1.82) is 0 Å². The zero-order valence-electron chi connectivity index (χ0n) is 8.34. The van der Waals surface area contributed by atoms with E-state index in [2.05, 4.69) is 23.4 Å². The number of hydrogen-bond donors (Lipinski definition) is 1. The molecule has 0 spiro atoms. The predicted octanol–water partition coefficient (Wildman–Crippen LogP) is 1.27. The first-order chi connectivity index (χ1) is 6.36. The lowest BCUT2D eigenvalue weighted by Gasteiger charge is -2.22. The highest BCUT2D eigenvalue weighted by Gasteiger charge is 2.16. The summed E-state index contributed by atoms with van der Waals surface area (Å²) in [6.07, 6.45) is 5.24. The van der Waals surface area contributed by atoms with E-state index in [1.165, 1.54) is 26.1 Å². The SMILES string of the molecule is C=CCN(CC=C)C[C@H]1CCNC1. The smallest absolute Gasteiger partial charge is 0.0164 e. The monoisotopic (exact) mass is 180 g/mol. The van der Waals surface area contributed by atoms with E-state index in [1.807, 2.05) is 12.2 Å². The summed E-state index contributed by atoms with van der Waals surface area (Å²) in [5.74, 6) is 0.819. The van der Waals surface area contributed by atoms with Crippen LogP contribution in [0.1, 0.15) is 6.42 Å². The minimum Gasteiger partial charge on any atom is -0.316 e. The first-order valence-corrected chi connectivity index (χ1v) is 5.01. The highest BCUT2D eigenvalue weighted by molar-refractivity contribution is 4.83. The van der Waals surface area contributed by atoms with Crippen molar-refractivity contribution in [3.8, 4) is 0 Å². The number of rotatable bonds is 6. The molecule has 2 heteroatoms. The molecular formula is C11H20N2. The Kier molecular flexibility index (Phi) is 4.79. The largest absolute Gasteiger partial charge is 0.316 e. The van der Waals surface area contributed by atoms with Crippen LogP contribution < -0.4 is 5.32 Å². The van der Waals surface area contributed by atoms with Crippen LogP contribution in [0.2, 0.25) is 0 Å². The summed E-state index contributed by atoms with van der Waals surface area (Å²) < 4.78 is 0. The topological polar surface area (TPSA) is 15.3 Å². The molecule has 74 valence electrons. The fourth-order valence-electron chi connectivity index (χ4n) is 1.82. The van der Waals surface area contributed by atoms with E-state index in [-0.39, 0.29) is 0 Å². The van der Waals surface area contributed by atoms with Gasteiger partial charge in [-0.3, -0.25) is 4.90 Å². The molecule has 0 saturated carbocycles. The minimum absolute atomic E-state index is 0.819. The van der Waals surface area contributed by atoms with Crippen LogP contribution in [0, 0.1) is 5.92 Å². The van der Waals surface area contributed by atoms with Crippen molar-refractivity contribution in [3.63, 3.8) is 0 Å². The van der Waals surface area contributed by atoms with Crippen molar-refractivity contribution in [3.05, 3.63) is 25.3 Å². The van der Waals surface area contributed by atoms with Gasteiger partial charge in [0.15, 0.2) is 0 Å². The molecule has 1 heterocycles. The van der Waals surface area contributed by atoms with Crippen LogP contribution in [0.15, 0.2) is 25.3 Å². The van der Waals surface area contributed by atoms with Gasteiger partial charge in [-0.25, -0.2) is 0 Å². The molecule has 0 aromatic heterocycles. The number of hydrogen-bond acceptors (Lipinski definition) is 2. The molecule has 0 radical (unpaired) electrons. The van der Waals surface area contributed by atoms with Crippen LogP contribution in [-0.4, -0.2) is 37.6 Å². The van der Waals surface area contributed by atoms with Gasteiger partial charge in [-0.05, 0) is 25.4 Å². The first kappa shape index (κ1) is 10.5. The zero-order valence-corrected chi connectivity index (χ0v) is 8.34. The molecule has 1 N–H and O–H groups in total. The Hall–Kier alpha value is -0.600. The Balaban J connectivity index is 2.26. The summed E-state index contributed by atoms with van der Waals surface area (Å²) >= 11 is 0. The summed E-state index contributed by atoms with van der Waals surface area (Å²) in [4.78, 5) is 2.39. The second-order valence-electron chi connectivity index (χ2n) is 3.65. The highest BCUT2D eigenvalue weighted by Crippen LogP contribution is 2.09. The molecule has 0 aliphatic carbocycles. The van der Waals surface area contributed by atoms with Gasteiger partial charge in [-0.1, -0.05) is 12.2 Å². The molecule has 0 unspecified atom stereocenters.